The van der Waals surface area contributed by atoms with Crippen LogP contribution in [0.4, 0.5) is 11.5 Å². The highest BCUT2D eigenvalue weighted by Gasteiger charge is 2.20. The second-order valence-corrected chi connectivity index (χ2v) is 9.36. The van der Waals surface area contributed by atoms with Crippen molar-refractivity contribution in [3.05, 3.63) is 52.6 Å². The largest absolute Gasteiger partial charge is 0.476 e. The molecule has 186 valence electrons. The van der Waals surface area contributed by atoms with Crippen molar-refractivity contribution in [3.8, 4) is 5.88 Å². The van der Waals surface area contributed by atoms with Crippen molar-refractivity contribution in [2.75, 3.05) is 76.0 Å². The Bertz CT molecular complexity index is 1100. The number of hydrogen-bond donors (Lipinski definition) is 1. The quantitative estimate of drug-likeness (QED) is 0.655. The Labute approximate surface area is 206 Å². The lowest BCUT2D eigenvalue weighted by Crippen LogP contribution is -2.38. The molecule has 0 radical (unpaired) electrons. The van der Waals surface area contributed by atoms with Gasteiger partial charge in [-0.3, -0.25) is 9.69 Å². The minimum atomic E-state index is -0.170. The molecule has 0 bridgehead atoms. The van der Waals surface area contributed by atoms with E-state index in [1.807, 2.05) is 12.1 Å². The molecule has 0 spiro atoms. The molecule has 1 aliphatic carbocycles. The first-order valence-electron chi connectivity index (χ1n) is 12.5. The average molecular weight is 479 g/mol. The molecule has 2 fully saturated rings. The maximum Gasteiger partial charge on any atom is 0.255 e. The zero-order chi connectivity index (χ0) is 24.2. The van der Waals surface area contributed by atoms with Crippen LogP contribution in [0.5, 0.6) is 5.88 Å². The molecule has 1 N–H and O–H groups in total. The van der Waals surface area contributed by atoms with E-state index in [-0.39, 0.29) is 5.91 Å². The molecule has 1 amide bonds. The lowest BCUT2D eigenvalue weighted by Gasteiger charge is -2.28. The van der Waals surface area contributed by atoms with Crippen LogP contribution in [0.15, 0.2) is 35.9 Å². The number of nitrogens with zero attached hydrogens (tertiary/aromatic N) is 3. The highest BCUT2D eigenvalue weighted by molar-refractivity contribution is 6.05. The molecule has 1 aromatic carbocycles. The summed E-state index contributed by atoms with van der Waals surface area (Å²) in [6.45, 7) is 11.7. The number of nitrogens with one attached hydrogen (secondary N) is 1. The molecule has 3 aliphatic rings. The van der Waals surface area contributed by atoms with Crippen LogP contribution in [0.2, 0.25) is 0 Å². The number of amides is 1. The van der Waals surface area contributed by atoms with E-state index in [9.17, 15) is 4.79 Å². The molecule has 8 heteroatoms. The SMILES string of the molecule is CC1=C(C)c2cc(NC(=O)c3cc(OCCN4CCOCC4)nc(N4CCOCC4)c3)ccc2C1. The van der Waals surface area contributed by atoms with E-state index in [1.54, 1.807) is 6.07 Å². The third-order valence-corrected chi connectivity index (χ3v) is 7.01. The Kier molecular flexibility index (Phi) is 7.32. The molecule has 3 heterocycles. The molecule has 2 aliphatic heterocycles. The summed E-state index contributed by atoms with van der Waals surface area (Å²) in [6, 6.07) is 9.74. The molecule has 8 nitrogen and oxygen atoms in total. The molecule has 2 aromatic rings. The summed E-state index contributed by atoms with van der Waals surface area (Å²) in [7, 11) is 0. The lowest BCUT2D eigenvalue weighted by atomic mass is 10.1. The Morgan fingerprint density at radius 1 is 1.03 bits per heavy atom. The summed E-state index contributed by atoms with van der Waals surface area (Å²) in [5.74, 6) is 1.04. The minimum Gasteiger partial charge on any atom is -0.476 e. The van der Waals surface area contributed by atoms with E-state index in [0.29, 0.717) is 31.3 Å². The first-order valence-corrected chi connectivity index (χ1v) is 12.5. The van der Waals surface area contributed by atoms with Gasteiger partial charge in [0.25, 0.3) is 5.91 Å². The van der Waals surface area contributed by atoms with Crippen molar-refractivity contribution in [1.29, 1.82) is 0 Å². The number of benzene rings is 1. The first-order chi connectivity index (χ1) is 17.1. The minimum absolute atomic E-state index is 0.170. The second-order valence-electron chi connectivity index (χ2n) is 9.36. The molecule has 0 saturated carbocycles. The lowest BCUT2D eigenvalue weighted by molar-refractivity contribution is 0.0320. The zero-order valence-electron chi connectivity index (χ0n) is 20.6. The Morgan fingerprint density at radius 3 is 2.54 bits per heavy atom. The molecular weight excluding hydrogens is 444 g/mol. The van der Waals surface area contributed by atoms with Gasteiger partial charge in [0, 0.05) is 50.0 Å². The summed E-state index contributed by atoms with van der Waals surface area (Å²) < 4.78 is 16.9. The van der Waals surface area contributed by atoms with E-state index in [2.05, 4.69) is 41.1 Å². The van der Waals surface area contributed by atoms with Gasteiger partial charge in [0.15, 0.2) is 0 Å². The van der Waals surface area contributed by atoms with Crippen LogP contribution in [0, 0.1) is 0 Å². The number of fused-ring (bicyclic) bond motifs is 1. The van der Waals surface area contributed by atoms with E-state index in [4.69, 9.17) is 19.2 Å². The van der Waals surface area contributed by atoms with Crippen molar-refractivity contribution >= 4 is 23.0 Å². The zero-order valence-corrected chi connectivity index (χ0v) is 20.6. The number of aromatic nitrogens is 1. The first kappa shape index (κ1) is 23.8. The fourth-order valence-electron chi connectivity index (χ4n) is 4.76. The van der Waals surface area contributed by atoms with E-state index in [0.717, 1.165) is 63.9 Å². The number of hydrogen-bond acceptors (Lipinski definition) is 7. The fraction of sp³-hybridized carbons (Fsp3) is 0.481. The van der Waals surface area contributed by atoms with Crippen LogP contribution in [-0.4, -0.2) is 81.5 Å². The van der Waals surface area contributed by atoms with Crippen molar-refractivity contribution in [3.63, 3.8) is 0 Å². The molecular formula is C27H34N4O4. The monoisotopic (exact) mass is 478 g/mol. The number of rotatable bonds is 7. The number of pyridine rings is 1. The van der Waals surface area contributed by atoms with Gasteiger partial charge in [-0.2, -0.15) is 4.98 Å². The topological polar surface area (TPSA) is 76.2 Å². The van der Waals surface area contributed by atoms with Gasteiger partial charge in [0.2, 0.25) is 5.88 Å². The standard InChI is InChI=1S/C27H34N4O4/c1-19-15-21-3-4-23(18-24(21)20(19)2)28-27(32)22-16-25(31-8-12-34-13-9-31)29-26(17-22)35-14-7-30-5-10-33-11-6-30/h3-4,16-18H,5-15H2,1-2H3,(H,28,32). The van der Waals surface area contributed by atoms with Crippen molar-refractivity contribution in [2.45, 2.75) is 20.3 Å². The van der Waals surface area contributed by atoms with Crippen LogP contribution in [-0.2, 0) is 15.9 Å². The van der Waals surface area contributed by atoms with Gasteiger partial charge >= 0.3 is 0 Å². The van der Waals surface area contributed by atoms with Crippen LogP contribution >= 0.6 is 0 Å². The van der Waals surface area contributed by atoms with Crippen molar-refractivity contribution in [2.24, 2.45) is 0 Å². The number of ether oxygens (including phenoxy) is 3. The Hall–Kier alpha value is -2.94. The summed E-state index contributed by atoms with van der Waals surface area (Å²) in [4.78, 5) is 22.5. The average Bonchev–Trinajstić information content (AvgIpc) is 3.18. The summed E-state index contributed by atoms with van der Waals surface area (Å²) >= 11 is 0. The van der Waals surface area contributed by atoms with E-state index < -0.39 is 0 Å². The highest BCUT2D eigenvalue weighted by Crippen LogP contribution is 2.34. The van der Waals surface area contributed by atoms with Crippen molar-refractivity contribution in [1.82, 2.24) is 9.88 Å². The van der Waals surface area contributed by atoms with Crippen LogP contribution in [0.3, 0.4) is 0 Å². The smallest absolute Gasteiger partial charge is 0.255 e. The van der Waals surface area contributed by atoms with Gasteiger partial charge in [-0.1, -0.05) is 11.6 Å². The maximum absolute atomic E-state index is 13.3. The third-order valence-electron chi connectivity index (χ3n) is 7.01. The molecule has 1 aromatic heterocycles. The normalized spacial score (nSPS) is 18.5. The fourth-order valence-corrected chi connectivity index (χ4v) is 4.76. The summed E-state index contributed by atoms with van der Waals surface area (Å²) in [5, 5.41) is 3.08. The molecule has 5 rings (SSSR count). The van der Waals surface area contributed by atoms with Crippen LogP contribution in [0.1, 0.15) is 35.3 Å². The second kappa shape index (κ2) is 10.8. The number of carbonyl (C=O) groups excluding carboxylic acids is 1. The van der Waals surface area contributed by atoms with Gasteiger partial charge < -0.3 is 24.4 Å². The van der Waals surface area contributed by atoms with Crippen LogP contribution in [0.25, 0.3) is 5.57 Å². The molecule has 2 saturated heterocycles. The van der Waals surface area contributed by atoms with Gasteiger partial charge in [-0.25, -0.2) is 0 Å². The summed E-state index contributed by atoms with van der Waals surface area (Å²) in [6.07, 6.45) is 0.980. The van der Waals surface area contributed by atoms with E-state index >= 15 is 0 Å². The number of carbonyl (C=O) groups is 1. The van der Waals surface area contributed by atoms with E-state index in [1.165, 1.54) is 22.3 Å². The predicted octanol–water partition coefficient (Wildman–Crippen LogP) is 3.23. The van der Waals surface area contributed by atoms with Crippen LogP contribution < -0.4 is 15.0 Å². The van der Waals surface area contributed by atoms with Gasteiger partial charge in [-0.05, 0) is 55.2 Å². The number of anilines is 2. The third kappa shape index (κ3) is 5.66. The number of morpholine rings is 2. The molecule has 35 heavy (non-hydrogen) atoms. The Balaban J connectivity index is 1.32. The summed E-state index contributed by atoms with van der Waals surface area (Å²) in [5.41, 5.74) is 6.54. The Morgan fingerprint density at radius 2 is 1.77 bits per heavy atom. The number of allylic oxidation sites excluding steroid dienone is 2. The van der Waals surface area contributed by atoms with Gasteiger partial charge in [0.05, 0.1) is 26.4 Å². The van der Waals surface area contributed by atoms with Gasteiger partial charge in [0.1, 0.15) is 12.4 Å². The maximum atomic E-state index is 13.3. The molecule has 0 unspecified atom stereocenters. The molecule has 0 atom stereocenters. The van der Waals surface area contributed by atoms with Crippen molar-refractivity contribution < 1.29 is 19.0 Å². The highest BCUT2D eigenvalue weighted by atomic mass is 16.5. The predicted molar refractivity (Wildman–Crippen MR) is 136 cm³/mol. The van der Waals surface area contributed by atoms with Gasteiger partial charge in [-0.15, -0.1) is 0 Å².